The van der Waals surface area contributed by atoms with Gasteiger partial charge in [-0.15, -0.1) is 0 Å². The molecular formula is C14H24N2O3S. The Morgan fingerprint density at radius 1 is 1.35 bits per heavy atom. The third kappa shape index (κ3) is 4.19. The fourth-order valence-corrected chi connectivity index (χ4v) is 3.22. The summed E-state index contributed by atoms with van der Waals surface area (Å²) in [6.45, 7) is 7.03. The van der Waals surface area contributed by atoms with E-state index in [9.17, 15) is 8.42 Å². The lowest BCUT2D eigenvalue weighted by Crippen LogP contribution is -2.39. The van der Waals surface area contributed by atoms with Crippen molar-refractivity contribution in [2.45, 2.75) is 25.7 Å². The van der Waals surface area contributed by atoms with E-state index in [0.29, 0.717) is 25.4 Å². The zero-order valence-electron chi connectivity index (χ0n) is 12.6. The number of hydrogen-bond donors (Lipinski definition) is 1. The first-order chi connectivity index (χ1) is 9.23. The van der Waals surface area contributed by atoms with Crippen LogP contribution in [0.25, 0.3) is 0 Å². The minimum atomic E-state index is -3.53. The highest BCUT2D eigenvalue weighted by Crippen LogP contribution is 2.23. The van der Waals surface area contributed by atoms with E-state index in [0.717, 1.165) is 0 Å². The Kier molecular flexibility index (Phi) is 5.56. The Bertz CT molecular complexity index is 541. The van der Waals surface area contributed by atoms with Gasteiger partial charge in [-0.25, -0.2) is 12.7 Å². The van der Waals surface area contributed by atoms with Crippen LogP contribution < -0.4 is 10.5 Å². The molecule has 0 amide bonds. The van der Waals surface area contributed by atoms with E-state index in [2.05, 4.69) is 0 Å². The molecule has 6 heteroatoms. The summed E-state index contributed by atoms with van der Waals surface area (Å²) in [7, 11) is -1.96. The molecule has 1 aromatic carbocycles. The third-order valence-corrected chi connectivity index (χ3v) is 4.83. The van der Waals surface area contributed by atoms with Gasteiger partial charge in [0.2, 0.25) is 10.0 Å². The van der Waals surface area contributed by atoms with Crippen LogP contribution in [0.2, 0.25) is 0 Å². The second-order valence-electron chi connectivity index (χ2n) is 5.54. The van der Waals surface area contributed by atoms with Crippen LogP contribution >= 0.6 is 0 Å². The summed E-state index contributed by atoms with van der Waals surface area (Å²) < 4.78 is 31.7. The molecule has 2 N–H and O–H groups in total. The lowest BCUT2D eigenvalue weighted by Gasteiger charge is -2.28. The maximum absolute atomic E-state index is 12.5. The standard InChI is InChI=1S/C14H24N2O3S/c1-5-19-12-7-6-8-13(9-12)20(17,18)16(4)11-14(2,3)10-15/h6-9H,5,10-11,15H2,1-4H3. The molecule has 1 aromatic rings. The van der Waals surface area contributed by atoms with Gasteiger partial charge in [0.1, 0.15) is 5.75 Å². The quantitative estimate of drug-likeness (QED) is 0.831. The van der Waals surface area contributed by atoms with E-state index in [1.54, 1.807) is 31.3 Å². The molecule has 0 bridgehead atoms. The number of ether oxygens (including phenoxy) is 1. The van der Waals surface area contributed by atoms with Crippen LogP contribution in [0.5, 0.6) is 5.75 Å². The Balaban J connectivity index is 3.01. The van der Waals surface area contributed by atoms with Crippen LogP contribution in [0.1, 0.15) is 20.8 Å². The van der Waals surface area contributed by atoms with Crippen LogP contribution in [0.4, 0.5) is 0 Å². The maximum atomic E-state index is 12.5. The Labute approximate surface area is 121 Å². The van der Waals surface area contributed by atoms with Gasteiger partial charge in [-0.3, -0.25) is 0 Å². The number of benzene rings is 1. The molecule has 20 heavy (non-hydrogen) atoms. The SMILES string of the molecule is CCOc1cccc(S(=O)(=O)N(C)CC(C)(C)CN)c1. The Morgan fingerprint density at radius 3 is 2.55 bits per heavy atom. The van der Waals surface area contributed by atoms with Gasteiger partial charge >= 0.3 is 0 Å². The van der Waals surface area contributed by atoms with Crippen LogP contribution in [-0.2, 0) is 10.0 Å². The molecule has 0 saturated heterocycles. The molecule has 5 nitrogen and oxygen atoms in total. The number of nitrogens with zero attached hydrogens (tertiary/aromatic N) is 1. The predicted molar refractivity (Wildman–Crippen MR) is 80.3 cm³/mol. The normalized spacial score (nSPS) is 12.7. The van der Waals surface area contributed by atoms with Gasteiger partial charge in [0.25, 0.3) is 0 Å². The molecule has 1 rings (SSSR count). The van der Waals surface area contributed by atoms with E-state index in [4.69, 9.17) is 10.5 Å². The van der Waals surface area contributed by atoms with Gasteiger partial charge < -0.3 is 10.5 Å². The van der Waals surface area contributed by atoms with Crippen molar-refractivity contribution < 1.29 is 13.2 Å². The number of nitrogens with two attached hydrogens (primary N) is 1. The summed E-state index contributed by atoms with van der Waals surface area (Å²) in [5.74, 6) is 0.556. The lowest BCUT2D eigenvalue weighted by atomic mass is 9.94. The minimum absolute atomic E-state index is 0.235. The number of hydrogen-bond acceptors (Lipinski definition) is 4. The third-order valence-electron chi connectivity index (χ3n) is 3.03. The summed E-state index contributed by atoms with van der Waals surface area (Å²) in [6, 6.07) is 6.54. The highest BCUT2D eigenvalue weighted by atomic mass is 32.2. The van der Waals surface area contributed by atoms with E-state index in [-0.39, 0.29) is 10.3 Å². The second kappa shape index (κ2) is 6.56. The van der Waals surface area contributed by atoms with Crippen molar-refractivity contribution in [3.8, 4) is 5.75 Å². The topological polar surface area (TPSA) is 72.6 Å². The van der Waals surface area contributed by atoms with Crippen LogP contribution in [-0.4, -0.2) is 39.5 Å². The maximum Gasteiger partial charge on any atom is 0.242 e. The zero-order valence-corrected chi connectivity index (χ0v) is 13.4. The smallest absolute Gasteiger partial charge is 0.242 e. The van der Waals surface area contributed by atoms with Crippen molar-refractivity contribution >= 4 is 10.0 Å². The van der Waals surface area contributed by atoms with Crippen LogP contribution in [0.15, 0.2) is 29.2 Å². The monoisotopic (exact) mass is 300 g/mol. The highest BCUT2D eigenvalue weighted by molar-refractivity contribution is 7.89. The van der Waals surface area contributed by atoms with Crippen molar-refractivity contribution in [2.75, 3.05) is 26.7 Å². The molecular weight excluding hydrogens is 276 g/mol. The molecule has 0 aliphatic heterocycles. The summed E-state index contributed by atoms with van der Waals surface area (Å²) in [5.41, 5.74) is 5.39. The summed E-state index contributed by atoms with van der Waals surface area (Å²) >= 11 is 0. The molecule has 114 valence electrons. The van der Waals surface area contributed by atoms with Gasteiger partial charge in [0.05, 0.1) is 11.5 Å². The fraction of sp³-hybridized carbons (Fsp3) is 0.571. The molecule has 0 aromatic heterocycles. The molecule has 0 aliphatic rings. The minimum Gasteiger partial charge on any atom is -0.494 e. The average Bonchev–Trinajstić information content (AvgIpc) is 2.39. The number of rotatable bonds is 7. The van der Waals surface area contributed by atoms with Gasteiger partial charge in [-0.05, 0) is 31.0 Å². The molecule has 0 radical (unpaired) electrons. The molecule has 0 aliphatic carbocycles. The molecule has 0 fully saturated rings. The first kappa shape index (κ1) is 16.9. The largest absolute Gasteiger partial charge is 0.494 e. The van der Waals surface area contributed by atoms with Gasteiger partial charge in [-0.2, -0.15) is 0 Å². The Hall–Kier alpha value is -1.11. The van der Waals surface area contributed by atoms with Gasteiger partial charge in [-0.1, -0.05) is 19.9 Å². The molecule has 0 spiro atoms. The van der Waals surface area contributed by atoms with E-state index in [1.165, 1.54) is 4.31 Å². The van der Waals surface area contributed by atoms with E-state index in [1.807, 2.05) is 20.8 Å². The van der Waals surface area contributed by atoms with Crippen LogP contribution in [0, 0.1) is 5.41 Å². The second-order valence-corrected chi connectivity index (χ2v) is 7.58. The van der Waals surface area contributed by atoms with E-state index >= 15 is 0 Å². The van der Waals surface area contributed by atoms with Crippen LogP contribution in [0.3, 0.4) is 0 Å². The molecule has 0 saturated carbocycles. The van der Waals surface area contributed by atoms with Crippen molar-refractivity contribution in [1.29, 1.82) is 0 Å². The van der Waals surface area contributed by atoms with Crippen molar-refractivity contribution in [1.82, 2.24) is 4.31 Å². The summed E-state index contributed by atoms with van der Waals surface area (Å²) in [5, 5.41) is 0. The predicted octanol–water partition coefficient (Wildman–Crippen LogP) is 1.69. The lowest BCUT2D eigenvalue weighted by molar-refractivity contribution is 0.291. The van der Waals surface area contributed by atoms with Gasteiger partial charge in [0.15, 0.2) is 0 Å². The zero-order chi connectivity index (χ0) is 15.4. The fourth-order valence-electron chi connectivity index (χ4n) is 1.82. The van der Waals surface area contributed by atoms with Crippen molar-refractivity contribution in [3.05, 3.63) is 24.3 Å². The molecule has 0 unspecified atom stereocenters. The highest BCUT2D eigenvalue weighted by Gasteiger charge is 2.27. The Morgan fingerprint density at radius 2 is 2.00 bits per heavy atom. The number of sulfonamides is 1. The molecule has 0 atom stereocenters. The summed E-state index contributed by atoms with van der Waals surface area (Å²) in [4.78, 5) is 0.235. The molecule has 0 heterocycles. The van der Waals surface area contributed by atoms with E-state index < -0.39 is 10.0 Å². The first-order valence-corrected chi connectivity index (χ1v) is 8.06. The van der Waals surface area contributed by atoms with Crippen molar-refractivity contribution in [2.24, 2.45) is 11.1 Å². The average molecular weight is 300 g/mol. The summed E-state index contributed by atoms with van der Waals surface area (Å²) in [6.07, 6.45) is 0. The van der Waals surface area contributed by atoms with Crippen molar-refractivity contribution in [3.63, 3.8) is 0 Å². The van der Waals surface area contributed by atoms with Gasteiger partial charge in [0, 0.05) is 19.7 Å². The first-order valence-electron chi connectivity index (χ1n) is 6.62.